The predicted octanol–water partition coefficient (Wildman–Crippen LogP) is 4.99. The lowest BCUT2D eigenvalue weighted by atomic mass is 9.85. The number of carbonyl (C=O) groups excluding carboxylic acids is 1. The summed E-state index contributed by atoms with van der Waals surface area (Å²) in [7, 11) is 0. The number of esters is 1. The van der Waals surface area contributed by atoms with Gasteiger partial charge in [0.05, 0.1) is 31.1 Å². The minimum Gasteiger partial charge on any atom is -0.460 e. The Hall–Kier alpha value is -3.93. The number of aryl methyl sites for hydroxylation is 1. The number of halogens is 1. The summed E-state index contributed by atoms with van der Waals surface area (Å²) in [6.07, 6.45) is -0.422. The zero-order valence-electron chi connectivity index (χ0n) is 22.3. The molecule has 10 nitrogen and oxygen atoms in total. The van der Waals surface area contributed by atoms with E-state index in [4.69, 9.17) is 23.4 Å². The van der Waals surface area contributed by atoms with E-state index in [1.165, 1.54) is 12.1 Å². The molecule has 2 aromatic carbocycles. The monoisotopic (exact) mass is 548 g/mol. The van der Waals surface area contributed by atoms with Gasteiger partial charge >= 0.3 is 5.97 Å². The van der Waals surface area contributed by atoms with Gasteiger partial charge in [0.15, 0.2) is 6.29 Å². The quantitative estimate of drug-likeness (QED) is 0.308. The van der Waals surface area contributed by atoms with Crippen LogP contribution in [0.15, 0.2) is 65.2 Å². The van der Waals surface area contributed by atoms with Gasteiger partial charge in [0.1, 0.15) is 29.8 Å². The Morgan fingerprint density at radius 2 is 1.98 bits per heavy atom. The highest BCUT2D eigenvalue weighted by Gasteiger charge is 2.51. The van der Waals surface area contributed by atoms with E-state index in [9.17, 15) is 9.18 Å². The first-order valence-corrected chi connectivity index (χ1v) is 13.2. The van der Waals surface area contributed by atoms with Gasteiger partial charge in [-0.05, 0) is 26.0 Å². The summed E-state index contributed by atoms with van der Waals surface area (Å²) >= 11 is 0. The van der Waals surface area contributed by atoms with Crippen molar-refractivity contribution in [1.29, 1.82) is 0 Å². The Labute approximate surface area is 230 Å². The first-order chi connectivity index (χ1) is 19.4. The molecule has 0 amide bonds. The summed E-state index contributed by atoms with van der Waals surface area (Å²) in [4.78, 5) is 16.9. The molecule has 0 unspecified atom stereocenters. The fourth-order valence-electron chi connectivity index (χ4n) is 5.34. The van der Waals surface area contributed by atoms with Crippen molar-refractivity contribution in [3.8, 4) is 11.3 Å². The molecule has 2 saturated heterocycles. The summed E-state index contributed by atoms with van der Waals surface area (Å²) in [5.74, 6) is -0.928. The maximum atomic E-state index is 13.9. The first kappa shape index (κ1) is 26.3. The molecule has 2 aliphatic heterocycles. The van der Waals surface area contributed by atoms with Crippen LogP contribution in [-0.4, -0.2) is 51.4 Å². The van der Waals surface area contributed by atoms with Gasteiger partial charge in [-0.1, -0.05) is 54.6 Å². The number of ether oxygens (including phenoxy) is 4. The third kappa shape index (κ3) is 4.91. The lowest BCUT2D eigenvalue weighted by Crippen LogP contribution is -2.54. The molecule has 2 aliphatic rings. The smallest absolute Gasteiger partial charge is 0.376 e. The molecule has 6 atom stereocenters. The summed E-state index contributed by atoms with van der Waals surface area (Å²) in [6.45, 7) is 5.86. The predicted molar refractivity (Wildman–Crippen MR) is 138 cm³/mol. The van der Waals surface area contributed by atoms with Crippen LogP contribution in [0.3, 0.4) is 0 Å². The molecule has 11 heteroatoms. The van der Waals surface area contributed by atoms with Gasteiger partial charge in [0, 0.05) is 17.0 Å². The van der Waals surface area contributed by atoms with E-state index >= 15 is 0 Å². The van der Waals surface area contributed by atoms with Crippen LogP contribution in [0.5, 0.6) is 0 Å². The van der Waals surface area contributed by atoms with Crippen molar-refractivity contribution >= 4 is 5.97 Å². The molecule has 0 bridgehead atoms. The third-order valence-corrected chi connectivity index (χ3v) is 7.26. The molecule has 4 aromatic rings. The molecule has 2 fully saturated rings. The molecule has 4 heterocycles. The average Bonchev–Trinajstić information content (AvgIpc) is 3.60. The fourth-order valence-corrected chi connectivity index (χ4v) is 5.34. The summed E-state index contributed by atoms with van der Waals surface area (Å²) < 4.78 is 45.7. The van der Waals surface area contributed by atoms with E-state index < -0.39 is 30.6 Å². The average molecular weight is 549 g/mol. The van der Waals surface area contributed by atoms with E-state index in [-0.39, 0.29) is 42.6 Å². The van der Waals surface area contributed by atoms with Crippen LogP contribution < -0.4 is 0 Å². The second-order valence-corrected chi connectivity index (χ2v) is 9.90. The van der Waals surface area contributed by atoms with E-state index in [0.29, 0.717) is 17.0 Å². The largest absolute Gasteiger partial charge is 0.460 e. The highest BCUT2D eigenvalue weighted by molar-refractivity contribution is 5.87. The van der Waals surface area contributed by atoms with Crippen molar-refractivity contribution < 1.29 is 32.5 Å². The Balaban J connectivity index is 1.36. The summed E-state index contributed by atoms with van der Waals surface area (Å²) in [5.41, 5.74) is 2.43. The van der Waals surface area contributed by atoms with Crippen LogP contribution in [0.4, 0.5) is 4.39 Å². The molecule has 0 saturated carbocycles. The van der Waals surface area contributed by atoms with Gasteiger partial charge < -0.3 is 23.4 Å². The number of nitrogens with zero attached hydrogens (tertiary/aromatic N) is 4. The van der Waals surface area contributed by atoms with E-state index in [1.807, 2.05) is 37.3 Å². The second kappa shape index (κ2) is 10.9. The van der Waals surface area contributed by atoms with E-state index in [0.717, 1.165) is 5.56 Å². The number of hydrogen-bond acceptors (Lipinski definition) is 9. The molecule has 0 radical (unpaired) electrons. The van der Waals surface area contributed by atoms with Crippen LogP contribution >= 0.6 is 0 Å². The second-order valence-electron chi connectivity index (χ2n) is 9.90. The molecule has 0 spiro atoms. The van der Waals surface area contributed by atoms with E-state index in [1.54, 1.807) is 36.9 Å². The molecule has 6 rings (SSSR count). The molecule has 2 aromatic heterocycles. The van der Waals surface area contributed by atoms with Crippen molar-refractivity contribution in [2.24, 2.45) is 5.92 Å². The number of hydrogen-bond donors (Lipinski definition) is 0. The molecule has 208 valence electrons. The number of aromatic nitrogens is 4. The highest BCUT2D eigenvalue weighted by Crippen LogP contribution is 2.47. The van der Waals surface area contributed by atoms with Crippen LogP contribution in [0.25, 0.3) is 11.3 Å². The van der Waals surface area contributed by atoms with Crippen molar-refractivity contribution in [1.82, 2.24) is 20.0 Å². The Morgan fingerprint density at radius 1 is 1.15 bits per heavy atom. The fraction of sp³-hybridized carbons (Fsp3) is 0.379. The van der Waals surface area contributed by atoms with Gasteiger partial charge in [-0.25, -0.2) is 18.9 Å². The Morgan fingerprint density at radius 3 is 2.75 bits per heavy atom. The zero-order chi connectivity index (χ0) is 27.8. The molecular formula is C29H29FN4O6. The SMILES string of the molecule is CCOC(=O)c1oc([C@@H]2O[C@@H]3CO[C@H](c4ccccc4)O[C@@H]3[C@H](n3cc(-c4cccc(F)c4)nn3)[C@H]2C)nc1C. The molecule has 40 heavy (non-hydrogen) atoms. The minimum absolute atomic E-state index is 0.0424. The molecule has 0 N–H and O–H groups in total. The Kier molecular flexibility index (Phi) is 7.18. The van der Waals surface area contributed by atoms with Crippen LogP contribution in [-0.2, 0) is 18.9 Å². The maximum Gasteiger partial charge on any atom is 0.376 e. The summed E-state index contributed by atoms with van der Waals surface area (Å²) in [6, 6.07) is 15.5. The van der Waals surface area contributed by atoms with Crippen molar-refractivity contribution in [2.45, 2.75) is 51.4 Å². The van der Waals surface area contributed by atoms with Crippen LogP contribution in [0, 0.1) is 18.7 Å². The van der Waals surface area contributed by atoms with Gasteiger partial charge in [0.25, 0.3) is 0 Å². The number of carbonyl (C=O) groups is 1. The van der Waals surface area contributed by atoms with Gasteiger partial charge in [-0.2, -0.15) is 0 Å². The van der Waals surface area contributed by atoms with Crippen LogP contribution in [0.1, 0.15) is 60.0 Å². The molecule has 0 aliphatic carbocycles. The first-order valence-electron chi connectivity index (χ1n) is 13.2. The lowest BCUT2D eigenvalue weighted by Gasteiger charge is -2.48. The van der Waals surface area contributed by atoms with Gasteiger partial charge in [-0.15, -0.1) is 5.10 Å². The van der Waals surface area contributed by atoms with Crippen molar-refractivity contribution in [2.75, 3.05) is 13.2 Å². The van der Waals surface area contributed by atoms with Gasteiger partial charge in [0.2, 0.25) is 11.7 Å². The van der Waals surface area contributed by atoms with E-state index in [2.05, 4.69) is 15.3 Å². The lowest BCUT2D eigenvalue weighted by molar-refractivity contribution is -0.312. The normalized spacial score (nSPS) is 26.3. The maximum absolute atomic E-state index is 13.9. The van der Waals surface area contributed by atoms with Crippen molar-refractivity contribution in [3.63, 3.8) is 0 Å². The highest BCUT2D eigenvalue weighted by atomic mass is 19.1. The topological polar surface area (TPSA) is 111 Å². The standard InChI is InChI=1S/C29H29FN4O6/c1-4-36-28(35)25-17(3)31-27(39-25)24-16(2)23(34-14-21(32-33-34)19-11-8-12-20(30)13-19)26-22(38-24)15-37-29(40-26)18-9-6-5-7-10-18/h5-14,16,22-24,26,29H,4,15H2,1-3H3/t16-,22-,23-,24-,26+,29+/m1/s1. The third-order valence-electron chi connectivity index (χ3n) is 7.26. The number of oxazole rings is 1. The number of fused-ring (bicyclic) bond motifs is 1. The number of rotatable bonds is 6. The van der Waals surface area contributed by atoms with Crippen LogP contribution in [0.2, 0.25) is 0 Å². The molecular weight excluding hydrogens is 519 g/mol. The Bertz CT molecular complexity index is 1490. The zero-order valence-corrected chi connectivity index (χ0v) is 22.3. The minimum atomic E-state index is -0.643. The summed E-state index contributed by atoms with van der Waals surface area (Å²) in [5, 5.41) is 8.76. The van der Waals surface area contributed by atoms with Crippen molar-refractivity contribution in [3.05, 3.63) is 89.5 Å². The number of benzene rings is 2. The van der Waals surface area contributed by atoms with Gasteiger partial charge in [-0.3, -0.25) is 0 Å².